The van der Waals surface area contributed by atoms with Gasteiger partial charge in [0.25, 0.3) is 0 Å². The molecule has 1 aliphatic rings. The van der Waals surface area contributed by atoms with Crippen molar-refractivity contribution in [3.05, 3.63) is 76.5 Å². The Balaban J connectivity index is 1.81. The molecule has 2 aromatic rings. The van der Waals surface area contributed by atoms with E-state index in [2.05, 4.69) is 5.32 Å². The highest BCUT2D eigenvalue weighted by molar-refractivity contribution is 6.56. The highest BCUT2D eigenvalue weighted by atomic mass is 19.4. The highest BCUT2D eigenvalue weighted by Gasteiger charge is 2.52. The van der Waals surface area contributed by atoms with Crippen LogP contribution in [0.15, 0.2) is 54.0 Å². The zero-order valence-electron chi connectivity index (χ0n) is 19.3. The largest absolute Gasteiger partial charge is 0.492 e. The third-order valence-corrected chi connectivity index (χ3v) is 5.85. The molecule has 0 saturated carbocycles. The molecule has 0 aliphatic carbocycles. The fraction of sp³-hybridized carbons (Fsp3) is 0.375. The van der Waals surface area contributed by atoms with Crippen LogP contribution in [-0.2, 0) is 26.8 Å². The molecular formula is C24H26BF4NO4. The molecule has 0 radical (unpaired) electrons. The van der Waals surface area contributed by atoms with Crippen molar-refractivity contribution in [3.63, 3.8) is 0 Å². The number of carbonyl (C=O) groups excluding carboxylic acids is 1. The van der Waals surface area contributed by atoms with Crippen LogP contribution in [0.5, 0.6) is 0 Å². The molecule has 3 rings (SSSR count). The van der Waals surface area contributed by atoms with Crippen molar-refractivity contribution in [2.75, 3.05) is 6.54 Å². The number of rotatable bonds is 6. The van der Waals surface area contributed by atoms with Gasteiger partial charge in [0.05, 0.1) is 16.8 Å². The second kappa shape index (κ2) is 9.80. The normalized spacial score (nSPS) is 17.5. The Kier molecular flexibility index (Phi) is 7.42. The van der Waals surface area contributed by atoms with Crippen molar-refractivity contribution in [2.45, 2.75) is 51.7 Å². The molecule has 2 aromatic carbocycles. The molecule has 1 heterocycles. The summed E-state index contributed by atoms with van der Waals surface area (Å²) in [5.74, 6) is -1.37. The number of benzene rings is 2. The van der Waals surface area contributed by atoms with Crippen molar-refractivity contribution < 1.29 is 36.4 Å². The number of hydrogen-bond donors (Lipinski definition) is 1. The highest BCUT2D eigenvalue weighted by Crippen LogP contribution is 2.39. The first-order valence-electron chi connectivity index (χ1n) is 10.7. The van der Waals surface area contributed by atoms with Crippen molar-refractivity contribution >= 4 is 19.3 Å². The van der Waals surface area contributed by atoms with E-state index in [0.29, 0.717) is 11.5 Å². The standard InChI is InChI=1S/C24H26BF4NO4/c1-22(2)23(3,4)34-25(33-22)18(12-17-10-11-20(26)19(13-17)24(27,28)29)14-30-21(31)32-15-16-8-6-5-7-9-16/h5-13H,14-15H2,1-4H3,(H,30,31). The Morgan fingerprint density at radius 2 is 1.68 bits per heavy atom. The average Bonchev–Trinajstić information content (AvgIpc) is 2.97. The van der Waals surface area contributed by atoms with Gasteiger partial charge in [0.2, 0.25) is 0 Å². The minimum absolute atomic E-state index is 0.0507. The number of carbonyl (C=O) groups is 1. The molecule has 0 bridgehead atoms. The molecule has 5 nitrogen and oxygen atoms in total. The van der Waals surface area contributed by atoms with Gasteiger partial charge in [-0.05, 0) is 56.4 Å². The zero-order valence-corrected chi connectivity index (χ0v) is 19.3. The molecule has 182 valence electrons. The summed E-state index contributed by atoms with van der Waals surface area (Å²) in [6, 6.07) is 11.7. The predicted molar refractivity (Wildman–Crippen MR) is 120 cm³/mol. The van der Waals surface area contributed by atoms with E-state index >= 15 is 0 Å². The minimum atomic E-state index is -4.85. The number of alkyl carbamates (subject to hydrolysis) is 1. The summed E-state index contributed by atoms with van der Waals surface area (Å²) in [7, 11) is -0.946. The minimum Gasteiger partial charge on any atom is -0.445 e. The van der Waals surface area contributed by atoms with Gasteiger partial charge in [-0.25, -0.2) is 9.18 Å². The first-order chi connectivity index (χ1) is 15.8. The van der Waals surface area contributed by atoms with Gasteiger partial charge in [-0.1, -0.05) is 42.5 Å². The summed E-state index contributed by atoms with van der Waals surface area (Å²) in [6.07, 6.45) is -4.19. The Bertz CT molecular complexity index is 1040. The SMILES string of the molecule is CC1(C)OB(C(=Cc2ccc(F)c(C(F)(F)F)c2)CNC(=O)OCc2ccccc2)OC1(C)C. The van der Waals surface area contributed by atoms with Gasteiger partial charge < -0.3 is 19.4 Å². The summed E-state index contributed by atoms with van der Waals surface area (Å²) >= 11 is 0. The Morgan fingerprint density at radius 3 is 2.26 bits per heavy atom. The number of hydrogen-bond acceptors (Lipinski definition) is 4. The van der Waals surface area contributed by atoms with Gasteiger partial charge in [0, 0.05) is 6.54 Å². The summed E-state index contributed by atoms with van der Waals surface area (Å²) in [5, 5.41) is 2.58. The second-order valence-corrected chi connectivity index (χ2v) is 8.96. The summed E-state index contributed by atoms with van der Waals surface area (Å²) in [5.41, 5.74) is -1.60. The molecule has 10 heteroatoms. The van der Waals surface area contributed by atoms with Crippen molar-refractivity contribution in [1.29, 1.82) is 0 Å². The van der Waals surface area contributed by atoms with E-state index in [-0.39, 0.29) is 18.7 Å². The topological polar surface area (TPSA) is 56.8 Å². The monoisotopic (exact) mass is 479 g/mol. The molecule has 1 N–H and O–H groups in total. The smallest absolute Gasteiger partial charge is 0.445 e. The van der Waals surface area contributed by atoms with Crippen molar-refractivity contribution in [2.24, 2.45) is 0 Å². The Labute approximate surface area is 196 Å². The lowest BCUT2D eigenvalue weighted by atomic mass is 9.77. The van der Waals surface area contributed by atoms with Crippen molar-refractivity contribution in [1.82, 2.24) is 5.32 Å². The Hall–Kier alpha value is -2.85. The lowest BCUT2D eigenvalue weighted by Crippen LogP contribution is -2.41. The molecule has 1 fully saturated rings. The average molecular weight is 479 g/mol. The van der Waals surface area contributed by atoms with Crippen LogP contribution in [0.1, 0.15) is 44.4 Å². The number of ether oxygens (including phenoxy) is 1. The van der Waals surface area contributed by atoms with E-state index in [4.69, 9.17) is 14.0 Å². The number of nitrogens with one attached hydrogen (secondary N) is 1. The number of halogens is 4. The third-order valence-electron chi connectivity index (χ3n) is 5.85. The Morgan fingerprint density at radius 1 is 1.06 bits per heavy atom. The number of alkyl halides is 3. The van der Waals surface area contributed by atoms with Crippen LogP contribution in [0.2, 0.25) is 0 Å². The van der Waals surface area contributed by atoms with Crippen molar-refractivity contribution in [3.8, 4) is 0 Å². The molecule has 0 unspecified atom stereocenters. The first-order valence-corrected chi connectivity index (χ1v) is 10.7. The molecule has 0 aromatic heterocycles. The fourth-order valence-electron chi connectivity index (χ4n) is 3.21. The van der Waals surface area contributed by atoms with Gasteiger partial charge >= 0.3 is 19.4 Å². The quantitative estimate of drug-likeness (QED) is 0.421. The van der Waals surface area contributed by atoms with Crippen LogP contribution >= 0.6 is 0 Å². The van der Waals surface area contributed by atoms with Gasteiger partial charge in [0.15, 0.2) is 0 Å². The lowest BCUT2D eigenvalue weighted by Gasteiger charge is -2.32. The van der Waals surface area contributed by atoms with Gasteiger partial charge in [-0.2, -0.15) is 13.2 Å². The van der Waals surface area contributed by atoms with Gasteiger partial charge in [0.1, 0.15) is 12.4 Å². The fourth-order valence-corrected chi connectivity index (χ4v) is 3.21. The van der Waals surface area contributed by atoms with E-state index in [9.17, 15) is 22.4 Å². The molecule has 1 aliphatic heterocycles. The van der Waals surface area contributed by atoms with Crippen LogP contribution in [0.3, 0.4) is 0 Å². The predicted octanol–water partition coefficient (Wildman–Crippen LogP) is 5.79. The molecule has 0 atom stereocenters. The molecular weight excluding hydrogens is 453 g/mol. The maximum atomic E-state index is 13.7. The van der Waals surface area contributed by atoms with E-state index in [1.54, 1.807) is 12.1 Å². The van der Waals surface area contributed by atoms with Gasteiger partial charge in [-0.15, -0.1) is 0 Å². The van der Waals surface area contributed by atoms with Crippen LogP contribution in [-0.4, -0.2) is 31.0 Å². The van der Waals surface area contributed by atoms with Crippen LogP contribution < -0.4 is 5.32 Å². The lowest BCUT2D eigenvalue weighted by molar-refractivity contribution is -0.140. The van der Waals surface area contributed by atoms with Crippen LogP contribution in [0, 0.1) is 5.82 Å². The summed E-state index contributed by atoms with van der Waals surface area (Å²) < 4.78 is 70.4. The van der Waals surface area contributed by atoms with E-state index in [1.165, 1.54) is 12.1 Å². The zero-order chi connectivity index (χ0) is 25.1. The van der Waals surface area contributed by atoms with Crippen LogP contribution in [0.4, 0.5) is 22.4 Å². The first kappa shape index (κ1) is 25.8. The number of amides is 1. The summed E-state index contributed by atoms with van der Waals surface area (Å²) in [4.78, 5) is 12.2. The molecule has 0 spiro atoms. The van der Waals surface area contributed by atoms with Crippen LogP contribution in [0.25, 0.3) is 6.08 Å². The third kappa shape index (κ3) is 6.18. The van der Waals surface area contributed by atoms with Gasteiger partial charge in [-0.3, -0.25) is 0 Å². The second-order valence-electron chi connectivity index (χ2n) is 8.96. The van der Waals surface area contributed by atoms with E-state index in [1.807, 2.05) is 45.9 Å². The summed E-state index contributed by atoms with van der Waals surface area (Å²) in [6.45, 7) is 7.23. The van der Waals surface area contributed by atoms with E-state index < -0.39 is 42.0 Å². The maximum absolute atomic E-state index is 13.7. The maximum Gasteiger partial charge on any atom is 0.492 e. The molecule has 1 saturated heterocycles. The molecule has 34 heavy (non-hydrogen) atoms. The molecule has 1 amide bonds. The van der Waals surface area contributed by atoms with E-state index in [0.717, 1.165) is 11.6 Å².